The molecule has 1 amide bonds. The van der Waals surface area contributed by atoms with E-state index < -0.39 is 0 Å². The van der Waals surface area contributed by atoms with Crippen molar-refractivity contribution in [2.24, 2.45) is 5.73 Å². The molecular formula is C14H24Cl2N4O. The van der Waals surface area contributed by atoms with Gasteiger partial charge in [-0.1, -0.05) is 13.0 Å². The summed E-state index contributed by atoms with van der Waals surface area (Å²) in [5.74, 6) is 0.983. The molecule has 1 atom stereocenters. The van der Waals surface area contributed by atoms with Crippen molar-refractivity contribution in [2.45, 2.75) is 38.3 Å². The average Bonchev–Trinajstić information content (AvgIpc) is 2.48. The standard InChI is InChI=1S/C14H22N4O.2ClH/c1-2-12(15)14(19)17-11-6-9-18(10-7-11)13-5-3-4-8-16-13;;/h3-5,8,11-12H,2,6-7,9-10,15H2,1H3,(H,17,19);2*1H/t12-;;/m0../s1. The topological polar surface area (TPSA) is 71.2 Å². The van der Waals surface area contributed by atoms with Crippen LogP contribution in [0.5, 0.6) is 0 Å². The molecule has 2 heterocycles. The second-order valence-corrected chi connectivity index (χ2v) is 4.97. The number of nitrogens with zero attached hydrogens (tertiary/aromatic N) is 2. The van der Waals surface area contributed by atoms with Gasteiger partial charge in [-0.15, -0.1) is 24.8 Å². The Balaban J connectivity index is 0.00000200. The number of aromatic nitrogens is 1. The Hall–Kier alpha value is -1.04. The van der Waals surface area contributed by atoms with Crippen LogP contribution in [0.3, 0.4) is 0 Å². The van der Waals surface area contributed by atoms with Crippen molar-refractivity contribution in [1.29, 1.82) is 0 Å². The fraction of sp³-hybridized carbons (Fsp3) is 0.571. The molecule has 0 aliphatic carbocycles. The Morgan fingerprint density at radius 1 is 1.43 bits per heavy atom. The number of carbonyl (C=O) groups excluding carboxylic acids is 1. The minimum absolute atomic E-state index is 0. The minimum Gasteiger partial charge on any atom is -0.356 e. The van der Waals surface area contributed by atoms with E-state index in [9.17, 15) is 4.79 Å². The van der Waals surface area contributed by atoms with E-state index in [1.54, 1.807) is 0 Å². The number of pyridine rings is 1. The molecule has 0 aromatic carbocycles. The Labute approximate surface area is 138 Å². The molecular weight excluding hydrogens is 311 g/mol. The third-order valence-corrected chi connectivity index (χ3v) is 3.59. The predicted octanol–water partition coefficient (Wildman–Crippen LogP) is 1.75. The van der Waals surface area contributed by atoms with Crippen molar-refractivity contribution >= 4 is 36.5 Å². The maximum Gasteiger partial charge on any atom is 0.237 e. The number of halogens is 2. The SMILES string of the molecule is CC[C@H](N)C(=O)NC1CCN(c2ccccn2)CC1.Cl.Cl. The number of nitrogens with two attached hydrogens (primary N) is 1. The first-order valence-corrected chi connectivity index (χ1v) is 6.92. The molecule has 7 heteroatoms. The number of rotatable bonds is 4. The summed E-state index contributed by atoms with van der Waals surface area (Å²) < 4.78 is 0. The van der Waals surface area contributed by atoms with Gasteiger partial charge in [0.05, 0.1) is 6.04 Å². The highest BCUT2D eigenvalue weighted by atomic mass is 35.5. The third kappa shape index (κ3) is 5.69. The zero-order valence-electron chi connectivity index (χ0n) is 12.2. The van der Waals surface area contributed by atoms with Crippen LogP contribution >= 0.6 is 24.8 Å². The van der Waals surface area contributed by atoms with Gasteiger partial charge in [-0.05, 0) is 31.4 Å². The highest BCUT2D eigenvalue weighted by molar-refractivity contribution is 5.85. The maximum atomic E-state index is 11.7. The summed E-state index contributed by atoms with van der Waals surface area (Å²) in [7, 11) is 0. The highest BCUT2D eigenvalue weighted by Crippen LogP contribution is 2.17. The van der Waals surface area contributed by atoms with Gasteiger partial charge in [0.15, 0.2) is 0 Å². The number of nitrogens with one attached hydrogen (secondary N) is 1. The summed E-state index contributed by atoms with van der Waals surface area (Å²) >= 11 is 0. The van der Waals surface area contributed by atoms with Crippen LogP contribution < -0.4 is 16.0 Å². The monoisotopic (exact) mass is 334 g/mol. The Bertz CT molecular complexity index is 411. The molecule has 120 valence electrons. The van der Waals surface area contributed by atoms with E-state index in [-0.39, 0.29) is 42.8 Å². The van der Waals surface area contributed by atoms with Crippen LogP contribution in [0.4, 0.5) is 5.82 Å². The molecule has 1 aromatic heterocycles. The van der Waals surface area contributed by atoms with Crippen LogP contribution in [0.2, 0.25) is 0 Å². The summed E-state index contributed by atoms with van der Waals surface area (Å²) in [5.41, 5.74) is 5.72. The molecule has 1 saturated heterocycles. The highest BCUT2D eigenvalue weighted by Gasteiger charge is 2.22. The van der Waals surface area contributed by atoms with E-state index in [2.05, 4.69) is 15.2 Å². The second kappa shape index (κ2) is 9.82. The largest absolute Gasteiger partial charge is 0.356 e. The van der Waals surface area contributed by atoms with Gasteiger partial charge in [-0.2, -0.15) is 0 Å². The van der Waals surface area contributed by atoms with Crippen LogP contribution in [0.1, 0.15) is 26.2 Å². The molecule has 3 N–H and O–H groups in total. The average molecular weight is 335 g/mol. The zero-order valence-corrected chi connectivity index (χ0v) is 13.8. The van der Waals surface area contributed by atoms with E-state index >= 15 is 0 Å². The lowest BCUT2D eigenvalue weighted by atomic mass is 10.0. The van der Waals surface area contributed by atoms with Gasteiger partial charge in [-0.25, -0.2) is 4.98 Å². The number of anilines is 1. The summed E-state index contributed by atoms with van der Waals surface area (Å²) in [4.78, 5) is 18.3. The first-order chi connectivity index (χ1) is 9.20. The van der Waals surface area contributed by atoms with Gasteiger partial charge in [0.2, 0.25) is 5.91 Å². The van der Waals surface area contributed by atoms with Crippen molar-refractivity contribution in [3.63, 3.8) is 0 Å². The van der Waals surface area contributed by atoms with E-state index in [0.29, 0.717) is 6.42 Å². The molecule has 0 unspecified atom stereocenters. The Morgan fingerprint density at radius 2 is 2.10 bits per heavy atom. The van der Waals surface area contributed by atoms with Gasteiger partial charge >= 0.3 is 0 Å². The lowest BCUT2D eigenvalue weighted by Crippen LogP contribution is -2.49. The van der Waals surface area contributed by atoms with Crippen molar-refractivity contribution in [2.75, 3.05) is 18.0 Å². The second-order valence-electron chi connectivity index (χ2n) is 4.97. The molecule has 1 fully saturated rings. The fourth-order valence-electron chi connectivity index (χ4n) is 2.29. The molecule has 1 aliphatic rings. The molecule has 5 nitrogen and oxygen atoms in total. The minimum atomic E-state index is -0.381. The molecule has 2 rings (SSSR count). The number of hydrogen-bond acceptors (Lipinski definition) is 4. The first kappa shape index (κ1) is 20.0. The van der Waals surface area contributed by atoms with Crippen molar-refractivity contribution in [1.82, 2.24) is 10.3 Å². The summed E-state index contributed by atoms with van der Waals surface area (Å²) in [6, 6.07) is 5.80. The third-order valence-electron chi connectivity index (χ3n) is 3.59. The number of hydrogen-bond donors (Lipinski definition) is 2. The van der Waals surface area contributed by atoms with E-state index in [0.717, 1.165) is 31.7 Å². The van der Waals surface area contributed by atoms with Gasteiger partial charge in [0, 0.05) is 25.3 Å². The van der Waals surface area contributed by atoms with Crippen LogP contribution in [0, 0.1) is 0 Å². The van der Waals surface area contributed by atoms with Gasteiger partial charge in [0.25, 0.3) is 0 Å². The quantitative estimate of drug-likeness (QED) is 0.879. The number of carbonyl (C=O) groups is 1. The van der Waals surface area contributed by atoms with Crippen molar-refractivity contribution in [3.8, 4) is 0 Å². The molecule has 1 aromatic rings. The van der Waals surface area contributed by atoms with Crippen LogP contribution in [0.25, 0.3) is 0 Å². The van der Waals surface area contributed by atoms with Crippen LogP contribution in [0.15, 0.2) is 24.4 Å². The van der Waals surface area contributed by atoms with E-state index in [4.69, 9.17) is 5.73 Å². The lowest BCUT2D eigenvalue weighted by Gasteiger charge is -2.33. The molecule has 0 bridgehead atoms. The van der Waals surface area contributed by atoms with Crippen molar-refractivity contribution < 1.29 is 4.79 Å². The maximum absolute atomic E-state index is 11.7. The normalized spacial score (nSPS) is 16.4. The lowest BCUT2D eigenvalue weighted by molar-refractivity contribution is -0.123. The van der Waals surface area contributed by atoms with Crippen LogP contribution in [-0.2, 0) is 4.79 Å². The predicted molar refractivity (Wildman–Crippen MR) is 90.4 cm³/mol. The zero-order chi connectivity index (χ0) is 13.7. The van der Waals surface area contributed by atoms with Gasteiger partial charge in [0.1, 0.15) is 5.82 Å². The number of piperidine rings is 1. The molecule has 0 saturated carbocycles. The van der Waals surface area contributed by atoms with Crippen LogP contribution in [-0.4, -0.2) is 36.1 Å². The van der Waals surface area contributed by atoms with E-state index in [1.165, 1.54) is 0 Å². The molecule has 1 aliphatic heterocycles. The summed E-state index contributed by atoms with van der Waals surface area (Å²) in [6.45, 7) is 3.76. The smallest absolute Gasteiger partial charge is 0.237 e. The van der Waals surface area contributed by atoms with Gasteiger partial charge < -0.3 is 16.0 Å². The van der Waals surface area contributed by atoms with E-state index in [1.807, 2.05) is 31.3 Å². The fourth-order valence-corrected chi connectivity index (χ4v) is 2.29. The number of amides is 1. The molecule has 21 heavy (non-hydrogen) atoms. The molecule has 0 spiro atoms. The summed E-state index contributed by atoms with van der Waals surface area (Å²) in [6.07, 6.45) is 4.37. The molecule has 0 radical (unpaired) electrons. The first-order valence-electron chi connectivity index (χ1n) is 6.92. The Kier molecular flexibility index (Phi) is 9.33. The Morgan fingerprint density at radius 3 is 2.62 bits per heavy atom. The summed E-state index contributed by atoms with van der Waals surface area (Å²) in [5, 5.41) is 3.03. The van der Waals surface area contributed by atoms with Gasteiger partial charge in [-0.3, -0.25) is 4.79 Å². The van der Waals surface area contributed by atoms with Crippen molar-refractivity contribution in [3.05, 3.63) is 24.4 Å².